The molecular formula is C14H21N3O4. The molecular weight excluding hydrogens is 274 g/mol. The van der Waals surface area contributed by atoms with Gasteiger partial charge in [-0.2, -0.15) is 0 Å². The molecule has 0 N–H and O–H groups in total. The number of aromatic nitrogens is 2. The number of hydrogen-bond donors (Lipinski definition) is 0. The number of rotatable bonds is 3. The fourth-order valence-corrected chi connectivity index (χ4v) is 2.81. The molecule has 0 aromatic carbocycles. The lowest BCUT2D eigenvalue weighted by Gasteiger charge is -2.17. The van der Waals surface area contributed by atoms with Gasteiger partial charge >= 0.3 is 11.7 Å². The van der Waals surface area contributed by atoms with Crippen LogP contribution in [0, 0.1) is 11.8 Å². The standard InChI is InChI=1S/C14H21N3O4/c1-9-6-17(8-11(9)13(19)21-4)7-10-5-12(18)16(3)14(20)15(10)2/h5,9,11H,6-8H2,1-4H3. The molecule has 0 saturated carbocycles. The van der Waals surface area contributed by atoms with Crippen molar-refractivity contribution in [2.45, 2.75) is 13.5 Å². The SMILES string of the molecule is COC(=O)C1CN(Cc2cc(=O)n(C)c(=O)n2C)CC1C. The van der Waals surface area contributed by atoms with E-state index in [1.165, 1.54) is 24.8 Å². The molecule has 2 atom stereocenters. The van der Waals surface area contributed by atoms with Crippen molar-refractivity contribution in [1.29, 1.82) is 0 Å². The maximum atomic E-state index is 11.9. The Balaban J connectivity index is 2.19. The molecule has 7 nitrogen and oxygen atoms in total. The van der Waals surface area contributed by atoms with Crippen molar-refractivity contribution in [3.63, 3.8) is 0 Å². The lowest BCUT2D eigenvalue weighted by atomic mass is 9.99. The van der Waals surface area contributed by atoms with Gasteiger partial charge in [-0.15, -0.1) is 0 Å². The van der Waals surface area contributed by atoms with Crippen LogP contribution in [0.25, 0.3) is 0 Å². The summed E-state index contributed by atoms with van der Waals surface area (Å²) >= 11 is 0. The van der Waals surface area contributed by atoms with E-state index in [1.807, 2.05) is 6.92 Å². The average Bonchev–Trinajstić information content (AvgIpc) is 2.82. The molecule has 0 bridgehead atoms. The van der Waals surface area contributed by atoms with Gasteiger partial charge < -0.3 is 4.74 Å². The third kappa shape index (κ3) is 2.92. The summed E-state index contributed by atoms with van der Waals surface area (Å²) in [6.07, 6.45) is 0. The number of hydrogen-bond acceptors (Lipinski definition) is 5. The molecule has 1 fully saturated rings. The minimum absolute atomic E-state index is 0.154. The third-order valence-corrected chi connectivity index (χ3v) is 4.20. The maximum absolute atomic E-state index is 11.9. The lowest BCUT2D eigenvalue weighted by molar-refractivity contribution is -0.146. The highest BCUT2D eigenvalue weighted by Crippen LogP contribution is 2.25. The number of likely N-dealkylation sites (tertiary alicyclic amines) is 1. The van der Waals surface area contributed by atoms with E-state index in [2.05, 4.69) is 4.90 Å². The van der Waals surface area contributed by atoms with Gasteiger partial charge in [0.25, 0.3) is 5.56 Å². The Kier molecular flexibility index (Phi) is 4.32. The van der Waals surface area contributed by atoms with Gasteiger partial charge in [-0.05, 0) is 5.92 Å². The van der Waals surface area contributed by atoms with Crippen molar-refractivity contribution in [1.82, 2.24) is 14.0 Å². The van der Waals surface area contributed by atoms with Crippen molar-refractivity contribution >= 4 is 5.97 Å². The molecule has 0 aliphatic carbocycles. The van der Waals surface area contributed by atoms with Gasteiger partial charge in [0, 0.05) is 45.5 Å². The van der Waals surface area contributed by atoms with Crippen LogP contribution in [0.15, 0.2) is 15.7 Å². The summed E-state index contributed by atoms with van der Waals surface area (Å²) in [5.74, 6) is -0.164. The van der Waals surface area contributed by atoms with Crippen LogP contribution in [0.4, 0.5) is 0 Å². The lowest BCUT2D eigenvalue weighted by Crippen LogP contribution is -2.39. The number of methoxy groups -OCH3 is 1. The molecule has 21 heavy (non-hydrogen) atoms. The van der Waals surface area contributed by atoms with Crippen LogP contribution < -0.4 is 11.2 Å². The van der Waals surface area contributed by atoms with E-state index in [9.17, 15) is 14.4 Å². The maximum Gasteiger partial charge on any atom is 0.330 e. The smallest absolute Gasteiger partial charge is 0.330 e. The Morgan fingerprint density at radius 3 is 2.57 bits per heavy atom. The zero-order valence-electron chi connectivity index (χ0n) is 12.8. The van der Waals surface area contributed by atoms with Crippen LogP contribution in [0.1, 0.15) is 12.6 Å². The van der Waals surface area contributed by atoms with Crippen molar-refractivity contribution in [2.24, 2.45) is 25.9 Å². The fourth-order valence-electron chi connectivity index (χ4n) is 2.81. The second kappa shape index (κ2) is 5.85. The highest BCUT2D eigenvalue weighted by atomic mass is 16.5. The van der Waals surface area contributed by atoms with Crippen molar-refractivity contribution in [3.05, 3.63) is 32.6 Å². The molecule has 2 heterocycles. The molecule has 7 heteroatoms. The summed E-state index contributed by atoms with van der Waals surface area (Å²) in [6, 6.07) is 1.47. The van der Waals surface area contributed by atoms with Crippen LogP contribution >= 0.6 is 0 Å². The van der Waals surface area contributed by atoms with Gasteiger partial charge in [0.2, 0.25) is 0 Å². The Morgan fingerprint density at radius 2 is 1.95 bits per heavy atom. The Labute approximate surface area is 122 Å². The van der Waals surface area contributed by atoms with E-state index < -0.39 is 0 Å². The summed E-state index contributed by atoms with van der Waals surface area (Å²) in [4.78, 5) is 37.4. The molecule has 1 aromatic heterocycles. The second-order valence-corrected chi connectivity index (χ2v) is 5.68. The van der Waals surface area contributed by atoms with Gasteiger partial charge in [0.05, 0.1) is 13.0 Å². The molecule has 0 radical (unpaired) electrons. The van der Waals surface area contributed by atoms with Crippen LogP contribution in [-0.2, 0) is 30.2 Å². The zero-order valence-corrected chi connectivity index (χ0v) is 12.8. The largest absolute Gasteiger partial charge is 0.469 e. The van der Waals surface area contributed by atoms with Crippen molar-refractivity contribution in [3.8, 4) is 0 Å². The first-order chi connectivity index (χ1) is 9.85. The molecule has 1 aliphatic heterocycles. The first kappa shape index (κ1) is 15.5. The summed E-state index contributed by atoms with van der Waals surface area (Å²) in [5, 5.41) is 0. The molecule has 0 amide bonds. The molecule has 0 spiro atoms. The predicted molar refractivity (Wildman–Crippen MR) is 76.9 cm³/mol. The predicted octanol–water partition coefficient (Wildman–Crippen LogP) is -0.675. The monoisotopic (exact) mass is 295 g/mol. The average molecular weight is 295 g/mol. The molecule has 1 aromatic rings. The van der Waals surface area contributed by atoms with E-state index in [0.29, 0.717) is 18.8 Å². The Bertz CT molecular complexity index is 661. The second-order valence-electron chi connectivity index (χ2n) is 5.68. The number of ether oxygens (including phenoxy) is 1. The summed E-state index contributed by atoms with van der Waals surface area (Å²) in [6.45, 7) is 3.80. The highest BCUT2D eigenvalue weighted by Gasteiger charge is 2.35. The first-order valence-electron chi connectivity index (χ1n) is 6.91. The Hall–Kier alpha value is -1.89. The van der Waals surface area contributed by atoms with E-state index >= 15 is 0 Å². The molecule has 2 unspecified atom stereocenters. The van der Waals surface area contributed by atoms with Crippen LogP contribution in [0.5, 0.6) is 0 Å². The normalized spacial score (nSPS) is 22.5. The number of esters is 1. The van der Waals surface area contributed by atoms with Gasteiger partial charge in [0.15, 0.2) is 0 Å². The van der Waals surface area contributed by atoms with Crippen LogP contribution in [0.3, 0.4) is 0 Å². The number of nitrogens with zero attached hydrogens (tertiary/aromatic N) is 3. The van der Waals surface area contributed by atoms with Gasteiger partial charge in [-0.1, -0.05) is 6.92 Å². The fraction of sp³-hybridized carbons (Fsp3) is 0.643. The topological polar surface area (TPSA) is 73.5 Å². The van der Waals surface area contributed by atoms with Gasteiger partial charge in [-0.25, -0.2) is 4.79 Å². The summed E-state index contributed by atoms with van der Waals surface area (Å²) < 4.78 is 7.35. The molecule has 116 valence electrons. The van der Waals surface area contributed by atoms with E-state index in [1.54, 1.807) is 7.05 Å². The number of carbonyl (C=O) groups is 1. The number of carbonyl (C=O) groups excluding carboxylic acids is 1. The zero-order chi connectivity index (χ0) is 15.7. The van der Waals surface area contributed by atoms with Crippen LogP contribution in [-0.4, -0.2) is 40.2 Å². The van der Waals surface area contributed by atoms with Crippen molar-refractivity contribution in [2.75, 3.05) is 20.2 Å². The summed E-state index contributed by atoms with van der Waals surface area (Å²) in [7, 11) is 4.50. The van der Waals surface area contributed by atoms with Gasteiger partial charge in [-0.3, -0.25) is 23.6 Å². The van der Waals surface area contributed by atoms with Crippen LogP contribution in [0.2, 0.25) is 0 Å². The minimum atomic E-state index is -0.339. The minimum Gasteiger partial charge on any atom is -0.469 e. The molecule has 1 aliphatic rings. The quantitative estimate of drug-likeness (QED) is 0.691. The molecule has 2 rings (SSSR count). The van der Waals surface area contributed by atoms with E-state index in [4.69, 9.17) is 4.74 Å². The molecule has 1 saturated heterocycles. The third-order valence-electron chi connectivity index (χ3n) is 4.20. The summed E-state index contributed by atoms with van der Waals surface area (Å²) in [5.41, 5.74) is -0.0000533. The Morgan fingerprint density at radius 1 is 1.29 bits per heavy atom. The highest BCUT2D eigenvalue weighted by molar-refractivity contribution is 5.73. The first-order valence-corrected chi connectivity index (χ1v) is 6.91. The van der Waals surface area contributed by atoms with E-state index in [-0.39, 0.29) is 29.1 Å². The van der Waals surface area contributed by atoms with Crippen molar-refractivity contribution < 1.29 is 9.53 Å². The van der Waals surface area contributed by atoms with Gasteiger partial charge in [0.1, 0.15) is 0 Å². The van der Waals surface area contributed by atoms with E-state index in [0.717, 1.165) is 11.1 Å².